The summed E-state index contributed by atoms with van der Waals surface area (Å²) in [6.07, 6.45) is 21.8. The molecule has 190 valence electrons. The Bertz CT molecular complexity index is 761. The highest BCUT2D eigenvalue weighted by atomic mass is 16.5. The van der Waals surface area contributed by atoms with Gasteiger partial charge in [0.05, 0.1) is 19.4 Å². The van der Waals surface area contributed by atoms with Crippen LogP contribution in [0.5, 0.6) is 11.5 Å². The molecule has 3 nitrogen and oxygen atoms in total. The normalized spacial score (nSPS) is 12.0. The maximum Gasteiger partial charge on any atom is 0.145 e. The predicted molar refractivity (Wildman–Crippen MR) is 146 cm³/mol. The second kappa shape index (κ2) is 18.3. The van der Waals surface area contributed by atoms with Crippen molar-refractivity contribution in [2.45, 2.75) is 111 Å². The van der Waals surface area contributed by atoms with Crippen LogP contribution in [0.15, 0.2) is 42.7 Å². The molecule has 1 heterocycles. The van der Waals surface area contributed by atoms with E-state index < -0.39 is 0 Å². The zero-order valence-corrected chi connectivity index (χ0v) is 22.2. The molecule has 1 unspecified atom stereocenters. The number of aromatic nitrogens is 1. The second-order valence-corrected chi connectivity index (χ2v) is 9.76. The molecular formula is C31H49NO2. The van der Waals surface area contributed by atoms with Crippen molar-refractivity contribution in [1.82, 2.24) is 4.98 Å². The van der Waals surface area contributed by atoms with Gasteiger partial charge in [-0.1, -0.05) is 116 Å². The van der Waals surface area contributed by atoms with Crippen molar-refractivity contribution in [2.24, 2.45) is 5.92 Å². The first-order valence-corrected chi connectivity index (χ1v) is 14.0. The first kappa shape index (κ1) is 28.2. The van der Waals surface area contributed by atoms with Gasteiger partial charge in [0, 0.05) is 17.3 Å². The summed E-state index contributed by atoms with van der Waals surface area (Å²) in [5, 5.41) is 0. The van der Waals surface area contributed by atoms with Gasteiger partial charge < -0.3 is 9.47 Å². The molecule has 1 atom stereocenters. The van der Waals surface area contributed by atoms with Gasteiger partial charge >= 0.3 is 0 Å². The molecule has 0 aliphatic rings. The van der Waals surface area contributed by atoms with Crippen LogP contribution < -0.4 is 9.47 Å². The van der Waals surface area contributed by atoms with Crippen LogP contribution in [0, 0.1) is 5.92 Å². The molecule has 0 amide bonds. The number of pyridine rings is 1. The van der Waals surface area contributed by atoms with Crippen LogP contribution in [0.1, 0.15) is 111 Å². The molecule has 0 saturated heterocycles. The van der Waals surface area contributed by atoms with Crippen molar-refractivity contribution in [3.05, 3.63) is 42.7 Å². The van der Waals surface area contributed by atoms with Gasteiger partial charge in [-0.3, -0.25) is 4.98 Å². The Morgan fingerprint density at radius 2 is 1.26 bits per heavy atom. The number of rotatable bonds is 20. The molecule has 0 spiro atoms. The molecule has 1 aromatic heterocycles. The molecule has 2 rings (SSSR count). The Labute approximate surface area is 209 Å². The average Bonchev–Trinajstić information content (AvgIpc) is 2.87. The molecular weight excluding hydrogens is 418 g/mol. The Kier molecular flexibility index (Phi) is 15.2. The van der Waals surface area contributed by atoms with Crippen LogP contribution in [0.2, 0.25) is 0 Å². The fourth-order valence-electron chi connectivity index (χ4n) is 4.29. The van der Waals surface area contributed by atoms with Crippen LogP contribution in [0.4, 0.5) is 0 Å². The van der Waals surface area contributed by atoms with E-state index in [1.807, 2.05) is 24.5 Å². The van der Waals surface area contributed by atoms with Gasteiger partial charge in [0.15, 0.2) is 0 Å². The fourth-order valence-corrected chi connectivity index (χ4v) is 4.29. The zero-order valence-electron chi connectivity index (χ0n) is 22.2. The van der Waals surface area contributed by atoms with E-state index in [4.69, 9.17) is 9.47 Å². The third-order valence-electron chi connectivity index (χ3n) is 6.76. The molecule has 2 aromatic rings. The Balaban J connectivity index is 1.77. The summed E-state index contributed by atoms with van der Waals surface area (Å²) in [7, 11) is 0. The van der Waals surface area contributed by atoms with Crippen molar-refractivity contribution < 1.29 is 9.47 Å². The lowest BCUT2D eigenvalue weighted by Gasteiger charge is -2.15. The monoisotopic (exact) mass is 467 g/mol. The fraction of sp³-hybridized carbons (Fsp3) is 0.645. The van der Waals surface area contributed by atoms with Gasteiger partial charge in [0.25, 0.3) is 0 Å². The second-order valence-electron chi connectivity index (χ2n) is 9.76. The molecule has 1 aromatic carbocycles. The van der Waals surface area contributed by atoms with Gasteiger partial charge in [-0.05, 0) is 30.9 Å². The number of benzene rings is 1. The van der Waals surface area contributed by atoms with E-state index in [9.17, 15) is 0 Å². The topological polar surface area (TPSA) is 31.4 Å². The van der Waals surface area contributed by atoms with E-state index in [0.29, 0.717) is 0 Å². The lowest BCUT2D eigenvalue weighted by Crippen LogP contribution is -2.02. The van der Waals surface area contributed by atoms with Crippen LogP contribution in [-0.2, 0) is 0 Å². The summed E-state index contributed by atoms with van der Waals surface area (Å²) in [6, 6.07) is 10.4. The number of unbranched alkanes of at least 4 members (excludes halogenated alkanes) is 10. The SMILES string of the molecule is CCCCCCCCCCCOc1cnccc1-c1ccccc1OCCCCCC(C)CC. The maximum atomic E-state index is 6.21. The standard InChI is InChI=1S/C31H49NO2/c1-4-6-7-8-9-10-11-12-17-25-34-31-26-32-23-22-29(31)28-20-15-16-21-30(28)33-24-18-13-14-19-27(3)5-2/h15-16,20-23,26-27H,4-14,17-19,24-25H2,1-3H3. The first-order valence-electron chi connectivity index (χ1n) is 14.0. The van der Waals surface area contributed by atoms with Gasteiger partial charge in [0.2, 0.25) is 0 Å². The lowest BCUT2D eigenvalue weighted by atomic mass is 10.0. The third-order valence-corrected chi connectivity index (χ3v) is 6.76. The largest absolute Gasteiger partial charge is 0.493 e. The van der Waals surface area contributed by atoms with Gasteiger partial charge in [-0.15, -0.1) is 0 Å². The van der Waals surface area contributed by atoms with E-state index in [1.165, 1.54) is 77.0 Å². The van der Waals surface area contributed by atoms with E-state index in [1.54, 1.807) is 0 Å². The maximum absolute atomic E-state index is 6.21. The quantitative estimate of drug-likeness (QED) is 0.182. The summed E-state index contributed by atoms with van der Waals surface area (Å²) in [6.45, 7) is 8.40. The highest BCUT2D eigenvalue weighted by molar-refractivity contribution is 5.75. The Hall–Kier alpha value is -2.03. The number of nitrogens with zero attached hydrogens (tertiary/aromatic N) is 1. The molecule has 0 saturated carbocycles. The molecule has 34 heavy (non-hydrogen) atoms. The van der Waals surface area contributed by atoms with Crippen molar-refractivity contribution in [1.29, 1.82) is 0 Å². The van der Waals surface area contributed by atoms with Gasteiger partial charge in [-0.25, -0.2) is 0 Å². The van der Waals surface area contributed by atoms with Crippen molar-refractivity contribution in [2.75, 3.05) is 13.2 Å². The van der Waals surface area contributed by atoms with E-state index in [-0.39, 0.29) is 0 Å². The number of hydrogen-bond donors (Lipinski definition) is 0. The van der Waals surface area contributed by atoms with Crippen LogP contribution >= 0.6 is 0 Å². The summed E-state index contributed by atoms with van der Waals surface area (Å²) >= 11 is 0. The molecule has 0 N–H and O–H groups in total. The summed E-state index contributed by atoms with van der Waals surface area (Å²) < 4.78 is 12.4. The van der Waals surface area contributed by atoms with Crippen molar-refractivity contribution >= 4 is 0 Å². The Morgan fingerprint density at radius 3 is 1.97 bits per heavy atom. The van der Waals surface area contributed by atoms with Crippen LogP contribution in [-0.4, -0.2) is 18.2 Å². The number of hydrogen-bond acceptors (Lipinski definition) is 3. The molecule has 0 fully saturated rings. The molecule has 3 heteroatoms. The lowest BCUT2D eigenvalue weighted by molar-refractivity contribution is 0.299. The summed E-state index contributed by atoms with van der Waals surface area (Å²) in [5.41, 5.74) is 2.16. The smallest absolute Gasteiger partial charge is 0.145 e. The third kappa shape index (κ3) is 11.4. The minimum Gasteiger partial charge on any atom is -0.493 e. The Morgan fingerprint density at radius 1 is 0.676 bits per heavy atom. The predicted octanol–water partition coefficient (Wildman–Crippen LogP) is 9.64. The molecule has 0 radical (unpaired) electrons. The highest BCUT2D eigenvalue weighted by Gasteiger charge is 2.12. The molecule has 0 aliphatic carbocycles. The van der Waals surface area contributed by atoms with E-state index >= 15 is 0 Å². The minimum atomic E-state index is 0.744. The molecule has 0 bridgehead atoms. The van der Waals surface area contributed by atoms with Gasteiger partial charge in [0.1, 0.15) is 11.5 Å². The van der Waals surface area contributed by atoms with Crippen molar-refractivity contribution in [3.63, 3.8) is 0 Å². The van der Waals surface area contributed by atoms with E-state index in [0.717, 1.165) is 54.6 Å². The van der Waals surface area contributed by atoms with Crippen molar-refractivity contribution in [3.8, 4) is 22.6 Å². The number of ether oxygens (including phenoxy) is 2. The van der Waals surface area contributed by atoms with Crippen LogP contribution in [0.25, 0.3) is 11.1 Å². The van der Waals surface area contributed by atoms with E-state index in [2.05, 4.69) is 44.0 Å². The number of para-hydroxylation sites is 1. The highest BCUT2D eigenvalue weighted by Crippen LogP contribution is 2.36. The van der Waals surface area contributed by atoms with Gasteiger partial charge in [-0.2, -0.15) is 0 Å². The minimum absolute atomic E-state index is 0.744. The summed E-state index contributed by atoms with van der Waals surface area (Å²) in [5.74, 6) is 2.62. The first-order chi connectivity index (χ1) is 16.8. The van der Waals surface area contributed by atoms with Crippen LogP contribution in [0.3, 0.4) is 0 Å². The average molecular weight is 468 g/mol. The zero-order chi connectivity index (χ0) is 24.3. The summed E-state index contributed by atoms with van der Waals surface area (Å²) in [4.78, 5) is 4.32. The molecule has 0 aliphatic heterocycles.